The smallest absolute Gasteiger partial charge is 0.475 e. The Hall–Kier alpha value is -3.23. The summed E-state index contributed by atoms with van der Waals surface area (Å²) < 4.78 is 107. The van der Waals surface area contributed by atoms with Gasteiger partial charge in [0.2, 0.25) is 0 Å². The van der Waals surface area contributed by atoms with Crippen molar-refractivity contribution in [3.8, 4) is 0 Å². The van der Waals surface area contributed by atoms with E-state index in [9.17, 15) is 39.5 Å². The molecule has 3 N–H and O–H groups in total. The predicted molar refractivity (Wildman–Crippen MR) is 129 cm³/mol. The molecule has 0 spiro atoms. The lowest BCUT2D eigenvalue weighted by atomic mass is 10.1. The topological polar surface area (TPSA) is 150 Å². The van der Waals surface area contributed by atoms with Crippen molar-refractivity contribution in [1.82, 2.24) is 14.8 Å². The van der Waals surface area contributed by atoms with Gasteiger partial charge in [0.05, 0.1) is 12.7 Å². The van der Waals surface area contributed by atoms with Gasteiger partial charge >= 0.3 is 36.4 Å². The van der Waals surface area contributed by atoms with Crippen LogP contribution in [0, 0.1) is 5.92 Å². The van der Waals surface area contributed by atoms with Crippen molar-refractivity contribution in [3.63, 3.8) is 0 Å². The molecular formula is C24H30F9N3O8. The summed E-state index contributed by atoms with van der Waals surface area (Å²) in [6.45, 7) is 8.13. The van der Waals surface area contributed by atoms with Crippen LogP contribution in [0.3, 0.4) is 0 Å². The standard InChI is InChI=1S/C18H27N3O2.3C2HF3O2/c1-2-15(10-19-5-1)11-20-6-9-23-18-14-21(13-16(18)12-20)17-3-7-22-8-4-17;3*3-2(4,5)1(6)7/h1-2,5,10,16-18H,3-4,6-9,11-14H2;3*(H,6,7)/t16-,18+;;;/m0.../s1. The van der Waals surface area contributed by atoms with Crippen LogP contribution < -0.4 is 0 Å². The van der Waals surface area contributed by atoms with Gasteiger partial charge in [-0.25, -0.2) is 14.4 Å². The molecule has 0 saturated carbocycles. The highest BCUT2D eigenvalue weighted by Crippen LogP contribution is 2.28. The molecule has 20 heteroatoms. The van der Waals surface area contributed by atoms with Crippen LogP contribution in [0.4, 0.5) is 39.5 Å². The van der Waals surface area contributed by atoms with Gasteiger partial charge in [-0.15, -0.1) is 0 Å². The van der Waals surface area contributed by atoms with Crippen molar-refractivity contribution in [3.05, 3.63) is 30.1 Å². The Morgan fingerprint density at radius 1 is 0.818 bits per heavy atom. The zero-order chi connectivity index (χ0) is 33.7. The molecule has 2 atom stereocenters. The minimum absolute atomic E-state index is 0.414. The maximum atomic E-state index is 10.6. The molecule has 1 aromatic heterocycles. The van der Waals surface area contributed by atoms with E-state index < -0.39 is 36.4 Å². The Morgan fingerprint density at radius 2 is 1.32 bits per heavy atom. The van der Waals surface area contributed by atoms with Gasteiger partial charge in [0, 0.05) is 70.3 Å². The number of hydrogen-bond donors (Lipinski definition) is 3. The Kier molecular flexibility index (Phi) is 15.3. The Labute approximate surface area is 244 Å². The number of pyridine rings is 1. The summed E-state index contributed by atoms with van der Waals surface area (Å²) in [5, 5.41) is 21.4. The molecule has 0 amide bonds. The SMILES string of the molecule is O=C(O)C(F)(F)F.O=C(O)C(F)(F)F.O=C(O)C(F)(F)F.c1cncc(CN2CCO[C@@H]3CN(C4CCOCC4)C[C@@H]3C2)c1. The fraction of sp³-hybridized carbons (Fsp3) is 0.667. The summed E-state index contributed by atoms with van der Waals surface area (Å²) in [6.07, 6.45) is -8.66. The molecule has 0 bridgehead atoms. The maximum absolute atomic E-state index is 10.6. The van der Waals surface area contributed by atoms with Gasteiger partial charge in [-0.1, -0.05) is 6.07 Å². The number of carboxylic acid groups (broad SMARTS) is 3. The van der Waals surface area contributed by atoms with Gasteiger partial charge in [0.25, 0.3) is 0 Å². The summed E-state index contributed by atoms with van der Waals surface area (Å²) in [6, 6.07) is 4.89. The molecule has 3 aliphatic rings. The number of likely N-dealkylation sites (tertiary alicyclic amines) is 1. The molecule has 3 saturated heterocycles. The van der Waals surface area contributed by atoms with Crippen LogP contribution >= 0.6 is 0 Å². The summed E-state index contributed by atoms with van der Waals surface area (Å²) in [7, 11) is 0. The van der Waals surface area contributed by atoms with Crippen molar-refractivity contribution >= 4 is 17.9 Å². The molecule has 3 aliphatic heterocycles. The highest BCUT2D eigenvalue weighted by atomic mass is 19.4. The Balaban J connectivity index is 0.000000379. The Bertz CT molecular complexity index is 979. The molecule has 4 heterocycles. The third-order valence-corrected chi connectivity index (χ3v) is 6.21. The number of fused-ring (bicyclic) bond motifs is 1. The lowest BCUT2D eigenvalue weighted by Gasteiger charge is -2.31. The molecule has 0 radical (unpaired) electrons. The van der Waals surface area contributed by atoms with E-state index in [4.69, 9.17) is 39.2 Å². The zero-order valence-electron chi connectivity index (χ0n) is 22.7. The van der Waals surface area contributed by atoms with E-state index in [0.29, 0.717) is 18.1 Å². The molecule has 44 heavy (non-hydrogen) atoms. The molecule has 11 nitrogen and oxygen atoms in total. The first kappa shape index (κ1) is 38.8. The number of aromatic nitrogens is 1. The van der Waals surface area contributed by atoms with Crippen molar-refractivity contribution < 1.29 is 78.7 Å². The van der Waals surface area contributed by atoms with Gasteiger partial charge in [-0.3, -0.25) is 14.8 Å². The minimum Gasteiger partial charge on any atom is -0.475 e. The van der Waals surface area contributed by atoms with Gasteiger partial charge in [-0.2, -0.15) is 39.5 Å². The maximum Gasteiger partial charge on any atom is 0.490 e. The number of rotatable bonds is 3. The van der Waals surface area contributed by atoms with E-state index in [-0.39, 0.29) is 0 Å². The van der Waals surface area contributed by atoms with Gasteiger partial charge in [0.1, 0.15) is 0 Å². The lowest BCUT2D eigenvalue weighted by Crippen LogP contribution is -2.39. The van der Waals surface area contributed by atoms with Crippen molar-refractivity contribution in [2.75, 3.05) is 46.0 Å². The predicted octanol–water partition coefficient (Wildman–Crippen LogP) is 3.29. The quantitative estimate of drug-likeness (QED) is 0.411. The highest BCUT2D eigenvalue weighted by molar-refractivity contribution is 5.73. The van der Waals surface area contributed by atoms with Crippen LogP contribution in [0.1, 0.15) is 18.4 Å². The third-order valence-electron chi connectivity index (χ3n) is 6.21. The van der Waals surface area contributed by atoms with E-state index in [0.717, 1.165) is 46.0 Å². The third kappa shape index (κ3) is 15.0. The summed E-state index contributed by atoms with van der Waals surface area (Å²) in [4.78, 5) is 36.1. The molecule has 3 fully saturated rings. The van der Waals surface area contributed by atoms with Gasteiger partial charge < -0.3 is 24.8 Å². The van der Waals surface area contributed by atoms with Crippen molar-refractivity contribution in [2.45, 2.75) is 50.1 Å². The number of nitrogens with zero attached hydrogens (tertiary/aromatic N) is 3. The van der Waals surface area contributed by atoms with Crippen LogP contribution in [0.2, 0.25) is 0 Å². The highest BCUT2D eigenvalue weighted by Gasteiger charge is 2.40. The monoisotopic (exact) mass is 659 g/mol. The molecule has 1 aromatic rings. The van der Waals surface area contributed by atoms with E-state index in [2.05, 4.69) is 20.9 Å². The average Bonchev–Trinajstić information content (AvgIpc) is 3.22. The van der Waals surface area contributed by atoms with E-state index in [1.54, 1.807) is 0 Å². The fourth-order valence-electron chi connectivity index (χ4n) is 4.24. The number of carboxylic acids is 3. The second kappa shape index (κ2) is 17.3. The number of alkyl halides is 9. The van der Waals surface area contributed by atoms with Crippen LogP contribution in [0.15, 0.2) is 24.5 Å². The summed E-state index contributed by atoms with van der Waals surface area (Å²) >= 11 is 0. The second-order valence-electron chi connectivity index (χ2n) is 9.47. The second-order valence-corrected chi connectivity index (χ2v) is 9.47. The number of hydrogen-bond acceptors (Lipinski definition) is 8. The summed E-state index contributed by atoms with van der Waals surface area (Å²) in [5.41, 5.74) is 1.30. The molecule has 0 unspecified atom stereocenters. The number of aliphatic carboxylic acids is 3. The first-order valence-corrected chi connectivity index (χ1v) is 12.7. The van der Waals surface area contributed by atoms with E-state index >= 15 is 0 Å². The number of ether oxygens (including phenoxy) is 2. The van der Waals surface area contributed by atoms with Crippen LogP contribution in [0.25, 0.3) is 0 Å². The van der Waals surface area contributed by atoms with E-state index in [1.807, 2.05) is 18.5 Å². The molecule has 252 valence electrons. The lowest BCUT2D eigenvalue weighted by molar-refractivity contribution is -0.193. The average molecular weight is 659 g/mol. The first-order chi connectivity index (χ1) is 20.2. The molecule has 0 aliphatic carbocycles. The van der Waals surface area contributed by atoms with Gasteiger partial charge in [-0.05, 0) is 24.5 Å². The Morgan fingerprint density at radius 3 is 1.75 bits per heavy atom. The van der Waals surface area contributed by atoms with E-state index in [1.165, 1.54) is 24.9 Å². The first-order valence-electron chi connectivity index (χ1n) is 12.7. The minimum atomic E-state index is -5.08. The zero-order valence-corrected chi connectivity index (χ0v) is 22.7. The molecule has 0 aromatic carbocycles. The van der Waals surface area contributed by atoms with Crippen LogP contribution in [-0.2, 0) is 30.4 Å². The number of carbonyl (C=O) groups is 3. The normalized spacial score (nSPS) is 21.6. The van der Waals surface area contributed by atoms with Crippen molar-refractivity contribution in [2.24, 2.45) is 5.92 Å². The van der Waals surface area contributed by atoms with Crippen molar-refractivity contribution in [1.29, 1.82) is 0 Å². The largest absolute Gasteiger partial charge is 0.490 e. The van der Waals surface area contributed by atoms with Crippen LogP contribution in [0.5, 0.6) is 0 Å². The number of halogens is 9. The molecule has 4 rings (SSSR count). The fourth-order valence-corrected chi connectivity index (χ4v) is 4.24. The van der Waals surface area contributed by atoms with Crippen LogP contribution in [-0.4, -0.2) is 125 Å². The summed E-state index contributed by atoms with van der Waals surface area (Å²) in [5.74, 6) is -7.63. The van der Waals surface area contributed by atoms with Gasteiger partial charge in [0.15, 0.2) is 0 Å². The molecular weight excluding hydrogens is 629 g/mol.